The molecule has 2 aromatic rings. The second kappa shape index (κ2) is 6.95. The number of rotatable bonds is 5. The van der Waals surface area contributed by atoms with Crippen LogP contribution in [0.2, 0.25) is 5.02 Å². The molecule has 0 bridgehead atoms. The first-order valence-corrected chi connectivity index (χ1v) is 6.84. The molecule has 0 heterocycles. The van der Waals surface area contributed by atoms with Gasteiger partial charge in [0.1, 0.15) is 5.75 Å². The molecular weight excluding hydrogens is 306 g/mol. The fourth-order valence-corrected chi connectivity index (χ4v) is 1.98. The third kappa shape index (κ3) is 3.77. The number of likely N-dealkylation sites (N-methyl/N-ethyl adjacent to an activating group) is 1. The number of halogens is 1. The Labute approximate surface area is 132 Å². The fourth-order valence-electron chi connectivity index (χ4n) is 1.85. The quantitative estimate of drug-likeness (QED) is 0.919. The highest BCUT2D eigenvalue weighted by molar-refractivity contribution is 6.30. The number of carbonyl (C=O) groups excluding carboxylic acids is 1. The molecule has 114 valence electrons. The van der Waals surface area contributed by atoms with Gasteiger partial charge in [0, 0.05) is 12.1 Å². The molecule has 0 saturated heterocycles. The summed E-state index contributed by atoms with van der Waals surface area (Å²) in [4.78, 5) is 24.6. The Morgan fingerprint density at radius 3 is 2.41 bits per heavy atom. The van der Waals surface area contributed by atoms with Gasteiger partial charge in [0.05, 0.1) is 11.3 Å². The summed E-state index contributed by atoms with van der Waals surface area (Å²) in [7, 11) is 1.51. The van der Waals surface area contributed by atoms with Gasteiger partial charge in [-0.05, 0) is 36.4 Å². The van der Waals surface area contributed by atoms with Crippen molar-refractivity contribution >= 4 is 29.2 Å². The van der Waals surface area contributed by atoms with Crippen LogP contribution in [-0.2, 0) is 4.79 Å². The maximum Gasteiger partial charge on any atom is 0.337 e. The Morgan fingerprint density at radius 1 is 1.14 bits per heavy atom. The van der Waals surface area contributed by atoms with Gasteiger partial charge in [-0.1, -0.05) is 23.7 Å². The summed E-state index contributed by atoms with van der Waals surface area (Å²) in [6.45, 7) is -0.202. The van der Waals surface area contributed by atoms with Crippen LogP contribution < -0.4 is 9.64 Å². The van der Waals surface area contributed by atoms with E-state index in [-0.39, 0.29) is 18.1 Å². The number of benzene rings is 2. The summed E-state index contributed by atoms with van der Waals surface area (Å²) in [5.74, 6) is -0.935. The van der Waals surface area contributed by atoms with Crippen LogP contribution in [0.15, 0.2) is 48.5 Å². The number of carboxylic acid groups (broad SMARTS) is 1. The van der Waals surface area contributed by atoms with Gasteiger partial charge in [0.15, 0.2) is 6.61 Å². The summed E-state index contributed by atoms with van der Waals surface area (Å²) in [5.41, 5.74) is 0.379. The van der Waals surface area contributed by atoms with Crippen LogP contribution in [0.25, 0.3) is 0 Å². The molecule has 2 rings (SSSR count). The zero-order valence-corrected chi connectivity index (χ0v) is 12.6. The van der Waals surface area contributed by atoms with Crippen molar-refractivity contribution in [3.63, 3.8) is 0 Å². The van der Waals surface area contributed by atoms with Gasteiger partial charge in [-0.25, -0.2) is 4.79 Å². The highest BCUT2D eigenvalue weighted by atomic mass is 35.5. The lowest BCUT2D eigenvalue weighted by Crippen LogP contribution is -2.32. The van der Waals surface area contributed by atoms with Crippen molar-refractivity contribution in [2.45, 2.75) is 0 Å². The molecule has 6 heteroatoms. The van der Waals surface area contributed by atoms with Gasteiger partial charge in [-0.15, -0.1) is 0 Å². The van der Waals surface area contributed by atoms with Crippen LogP contribution in [0, 0.1) is 0 Å². The monoisotopic (exact) mass is 319 g/mol. The van der Waals surface area contributed by atoms with Gasteiger partial charge >= 0.3 is 5.97 Å². The van der Waals surface area contributed by atoms with E-state index in [0.717, 1.165) is 0 Å². The number of aromatic carboxylic acids is 1. The number of para-hydroxylation sites is 1. The number of anilines is 1. The number of amides is 1. The molecule has 0 atom stereocenters. The fraction of sp³-hybridized carbons (Fsp3) is 0.125. The Kier molecular flexibility index (Phi) is 5.01. The van der Waals surface area contributed by atoms with E-state index in [1.807, 2.05) is 0 Å². The maximum absolute atomic E-state index is 12.1. The maximum atomic E-state index is 12.1. The third-order valence-electron chi connectivity index (χ3n) is 3.05. The molecule has 0 fully saturated rings. The summed E-state index contributed by atoms with van der Waals surface area (Å²) < 4.78 is 5.37. The number of hydrogen-bond acceptors (Lipinski definition) is 3. The molecule has 2 aromatic carbocycles. The molecule has 0 saturated carbocycles. The molecule has 0 aromatic heterocycles. The number of nitrogens with zero attached hydrogens (tertiary/aromatic N) is 1. The van der Waals surface area contributed by atoms with Gasteiger partial charge in [0.25, 0.3) is 5.91 Å². The minimum absolute atomic E-state index is 0.0600. The van der Waals surface area contributed by atoms with Gasteiger partial charge < -0.3 is 14.7 Å². The molecule has 0 unspecified atom stereocenters. The molecule has 0 aliphatic heterocycles. The van der Waals surface area contributed by atoms with E-state index in [1.54, 1.807) is 42.5 Å². The van der Waals surface area contributed by atoms with Gasteiger partial charge in [0.2, 0.25) is 0 Å². The Bertz CT molecular complexity index is 685. The first kappa shape index (κ1) is 15.9. The first-order valence-electron chi connectivity index (χ1n) is 6.46. The smallest absolute Gasteiger partial charge is 0.337 e. The van der Waals surface area contributed by atoms with Crippen molar-refractivity contribution < 1.29 is 19.4 Å². The topological polar surface area (TPSA) is 66.8 Å². The first-order chi connectivity index (χ1) is 10.5. The minimum atomic E-state index is -1.09. The molecule has 0 aliphatic rings. The molecule has 0 radical (unpaired) electrons. The summed E-state index contributed by atoms with van der Waals surface area (Å²) >= 11 is 5.77. The van der Waals surface area contributed by atoms with Gasteiger partial charge in [-0.2, -0.15) is 0 Å². The van der Waals surface area contributed by atoms with E-state index >= 15 is 0 Å². The molecule has 1 N–H and O–H groups in total. The van der Waals surface area contributed by atoms with Crippen LogP contribution in [0.1, 0.15) is 10.4 Å². The number of carbonyl (C=O) groups is 2. The lowest BCUT2D eigenvalue weighted by Gasteiger charge is -2.19. The van der Waals surface area contributed by atoms with E-state index in [1.165, 1.54) is 18.0 Å². The van der Waals surface area contributed by atoms with Crippen LogP contribution in [0.4, 0.5) is 5.69 Å². The Morgan fingerprint density at radius 2 is 1.77 bits per heavy atom. The summed E-state index contributed by atoms with van der Waals surface area (Å²) in [6.07, 6.45) is 0. The number of hydrogen-bond donors (Lipinski definition) is 1. The Balaban J connectivity index is 2.06. The lowest BCUT2D eigenvalue weighted by molar-refractivity contribution is -0.120. The largest absolute Gasteiger partial charge is 0.484 e. The molecule has 0 spiro atoms. The average molecular weight is 320 g/mol. The average Bonchev–Trinajstić information content (AvgIpc) is 2.53. The predicted octanol–water partition coefficient (Wildman–Crippen LogP) is 3.08. The van der Waals surface area contributed by atoms with Crippen LogP contribution >= 0.6 is 11.6 Å². The van der Waals surface area contributed by atoms with Crippen molar-refractivity contribution in [2.75, 3.05) is 18.6 Å². The zero-order valence-electron chi connectivity index (χ0n) is 11.8. The van der Waals surface area contributed by atoms with Crippen LogP contribution in [-0.4, -0.2) is 30.6 Å². The highest BCUT2D eigenvalue weighted by Crippen LogP contribution is 2.20. The van der Waals surface area contributed by atoms with Crippen molar-refractivity contribution in [3.8, 4) is 5.75 Å². The molecule has 1 amide bonds. The number of carboxylic acids is 1. The minimum Gasteiger partial charge on any atom is -0.484 e. The zero-order chi connectivity index (χ0) is 16.1. The third-order valence-corrected chi connectivity index (χ3v) is 3.30. The van der Waals surface area contributed by atoms with Crippen LogP contribution in [0.5, 0.6) is 5.75 Å². The summed E-state index contributed by atoms with van der Waals surface area (Å²) in [5, 5.41) is 9.72. The van der Waals surface area contributed by atoms with E-state index in [4.69, 9.17) is 21.4 Å². The molecule has 5 nitrogen and oxygen atoms in total. The van der Waals surface area contributed by atoms with Crippen molar-refractivity contribution in [3.05, 3.63) is 59.1 Å². The number of ether oxygens (including phenoxy) is 1. The molecule has 22 heavy (non-hydrogen) atoms. The predicted molar refractivity (Wildman–Crippen MR) is 83.8 cm³/mol. The van der Waals surface area contributed by atoms with E-state index < -0.39 is 5.97 Å². The van der Waals surface area contributed by atoms with Crippen LogP contribution in [0.3, 0.4) is 0 Å². The van der Waals surface area contributed by atoms with E-state index in [2.05, 4.69) is 0 Å². The van der Waals surface area contributed by atoms with E-state index in [9.17, 15) is 9.59 Å². The standard InChI is InChI=1S/C16H14ClNO4/c1-18(14-5-3-2-4-13(14)16(20)21)15(19)10-22-12-8-6-11(17)7-9-12/h2-9H,10H2,1H3,(H,20,21). The van der Waals surface area contributed by atoms with Crippen molar-refractivity contribution in [1.29, 1.82) is 0 Å². The highest BCUT2D eigenvalue weighted by Gasteiger charge is 2.18. The molecule has 0 aliphatic carbocycles. The SMILES string of the molecule is CN(C(=O)COc1ccc(Cl)cc1)c1ccccc1C(=O)O. The molecular formula is C16H14ClNO4. The van der Waals surface area contributed by atoms with E-state index in [0.29, 0.717) is 16.5 Å². The lowest BCUT2D eigenvalue weighted by atomic mass is 10.1. The van der Waals surface area contributed by atoms with Crippen molar-refractivity contribution in [1.82, 2.24) is 0 Å². The second-order valence-electron chi connectivity index (χ2n) is 4.52. The second-order valence-corrected chi connectivity index (χ2v) is 4.95. The Hall–Kier alpha value is -2.53. The summed E-state index contributed by atoms with van der Waals surface area (Å²) in [6, 6.07) is 12.9. The van der Waals surface area contributed by atoms with Gasteiger partial charge in [-0.3, -0.25) is 4.79 Å². The normalized spacial score (nSPS) is 10.1. The van der Waals surface area contributed by atoms with Crippen molar-refractivity contribution in [2.24, 2.45) is 0 Å².